The van der Waals surface area contributed by atoms with E-state index in [2.05, 4.69) is 24.3 Å². The highest BCUT2D eigenvalue weighted by atomic mass is 19.1. The Bertz CT molecular complexity index is 794. The van der Waals surface area contributed by atoms with Crippen LogP contribution in [0.1, 0.15) is 72.1 Å². The first-order valence-corrected chi connectivity index (χ1v) is 12.4. The van der Waals surface area contributed by atoms with Crippen molar-refractivity contribution in [3.63, 3.8) is 0 Å². The molecule has 0 aromatic heterocycles. The fraction of sp³-hybridized carbons (Fsp3) is 0.880. The molecule has 0 aromatic carbocycles. The standard InChI is InChI=1S/C25H37FN2O3/c1-4-15-20(28-31-14-7-10-27-13-14)6-9-24(2)17-5-8-25(3)18(12-19(26)23(25)30)16(17)11-21(29)22(15)24/h14-19,22,27H,4-13H2,1-3H3. The minimum Gasteiger partial charge on any atom is -0.391 e. The molecule has 0 amide bonds. The molecule has 172 valence electrons. The number of ketones is 2. The quantitative estimate of drug-likeness (QED) is 0.682. The molecule has 0 bridgehead atoms. The van der Waals surface area contributed by atoms with E-state index in [0.29, 0.717) is 24.5 Å². The van der Waals surface area contributed by atoms with E-state index < -0.39 is 11.6 Å². The molecular formula is C25H37FN2O3. The Hall–Kier alpha value is -1.30. The number of fused-ring (bicyclic) bond motifs is 5. The van der Waals surface area contributed by atoms with Gasteiger partial charge in [0.1, 0.15) is 11.9 Å². The van der Waals surface area contributed by atoms with Crippen molar-refractivity contribution in [1.82, 2.24) is 5.32 Å². The SMILES string of the molecule is CCC1C(=NOC2CCNC2)CCC2(C)C3CCC4(C)C(=O)C(F)CC4C3CC(=O)C12. The van der Waals surface area contributed by atoms with Crippen LogP contribution in [-0.2, 0) is 14.4 Å². The molecule has 6 heteroatoms. The zero-order valence-electron chi connectivity index (χ0n) is 19.2. The normalized spacial score (nSPS) is 50.8. The Morgan fingerprint density at radius 2 is 2.00 bits per heavy atom. The number of alkyl halides is 1. The van der Waals surface area contributed by atoms with E-state index in [1.54, 1.807) is 0 Å². The average molecular weight is 433 g/mol. The lowest BCUT2D eigenvalue weighted by Crippen LogP contribution is -2.59. The van der Waals surface area contributed by atoms with Gasteiger partial charge in [-0.25, -0.2) is 4.39 Å². The van der Waals surface area contributed by atoms with Crippen molar-refractivity contribution in [1.29, 1.82) is 0 Å². The predicted molar refractivity (Wildman–Crippen MR) is 116 cm³/mol. The van der Waals surface area contributed by atoms with Crippen LogP contribution in [0.5, 0.6) is 0 Å². The first-order valence-electron chi connectivity index (χ1n) is 12.4. The van der Waals surface area contributed by atoms with Gasteiger partial charge in [-0.15, -0.1) is 0 Å². The molecule has 1 saturated heterocycles. The Labute approximate surface area is 184 Å². The van der Waals surface area contributed by atoms with Crippen molar-refractivity contribution in [3.05, 3.63) is 0 Å². The highest BCUT2D eigenvalue weighted by Gasteiger charge is 2.65. The molecule has 9 unspecified atom stereocenters. The molecule has 1 N–H and O–H groups in total. The maximum absolute atomic E-state index is 14.5. The summed E-state index contributed by atoms with van der Waals surface area (Å²) >= 11 is 0. The summed E-state index contributed by atoms with van der Waals surface area (Å²) in [6, 6.07) is 0. The highest BCUT2D eigenvalue weighted by molar-refractivity contribution is 5.95. The van der Waals surface area contributed by atoms with E-state index in [9.17, 15) is 14.0 Å². The van der Waals surface area contributed by atoms with Crippen LogP contribution >= 0.6 is 0 Å². The molecule has 0 radical (unpaired) electrons. The smallest absolute Gasteiger partial charge is 0.173 e. The molecule has 5 fully saturated rings. The molecule has 1 aliphatic heterocycles. The van der Waals surface area contributed by atoms with Gasteiger partial charge < -0.3 is 10.2 Å². The monoisotopic (exact) mass is 432 g/mol. The van der Waals surface area contributed by atoms with Crippen molar-refractivity contribution in [2.75, 3.05) is 13.1 Å². The summed E-state index contributed by atoms with van der Waals surface area (Å²) in [6.45, 7) is 8.23. The fourth-order valence-electron chi connectivity index (χ4n) is 8.34. The Balaban J connectivity index is 1.42. The van der Waals surface area contributed by atoms with E-state index >= 15 is 0 Å². The molecule has 4 aliphatic carbocycles. The number of oxime groups is 1. The minimum atomic E-state index is -1.34. The maximum Gasteiger partial charge on any atom is 0.173 e. The van der Waals surface area contributed by atoms with E-state index in [1.807, 2.05) is 6.92 Å². The van der Waals surface area contributed by atoms with Crippen molar-refractivity contribution < 1.29 is 18.8 Å². The van der Waals surface area contributed by atoms with Gasteiger partial charge in [0.15, 0.2) is 12.0 Å². The number of carbonyl (C=O) groups is 2. The maximum atomic E-state index is 14.5. The van der Waals surface area contributed by atoms with E-state index in [0.717, 1.165) is 57.3 Å². The van der Waals surface area contributed by atoms with Crippen LogP contribution < -0.4 is 5.32 Å². The van der Waals surface area contributed by atoms with Crippen LogP contribution in [0, 0.1) is 40.4 Å². The highest BCUT2D eigenvalue weighted by Crippen LogP contribution is 2.65. The zero-order valence-corrected chi connectivity index (χ0v) is 19.2. The van der Waals surface area contributed by atoms with Crippen LogP contribution in [0.15, 0.2) is 5.16 Å². The second-order valence-electron chi connectivity index (χ2n) is 11.4. The Morgan fingerprint density at radius 3 is 2.71 bits per heavy atom. The largest absolute Gasteiger partial charge is 0.391 e. The van der Waals surface area contributed by atoms with Gasteiger partial charge in [-0.2, -0.15) is 0 Å². The number of nitrogens with one attached hydrogen (secondary N) is 1. The number of hydrogen-bond donors (Lipinski definition) is 1. The van der Waals surface area contributed by atoms with Gasteiger partial charge in [0.05, 0.1) is 5.71 Å². The molecule has 5 nitrogen and oxygen atoms in total. The van der Waals surface area contributed by atoms with Gasteiger partial charge in [0.25, 0.3) is 0 Å². The molecule has 1 heterocycles. The lowest BCUT2D eigenvalue weighted by molar-refractivity contribution is -0.156. The number of nitrogens with zero attached hydrogens (tertiary/aromatic N) is 1. The summed E-state index contributed by atoms with van der Waals surface area (Å²) in [5.74, 6) is 0.760. The molecule has 5 rings (SSSR count). The van der Waals surface area contributed by atoms with Crippen LogP contribution in [0.25, 0.3) is 0 Å². The Kier molecular flexibility index (Phi) is 5.31. The van der Waals surface area contributed by atoms with Gasteiger partial charge >= 0.3 is 0 Å². The van der Waals surface area contributed by atoms with Crippen LogP contribution in [0.4, 0.5) is 4.39 Å². The lowest BCUT2D eigenvalue weighted by Gasteiger charge is -2.60. The topological polar surface area (TPSA) is 67.8 Å². The summed E-state index contributed by atoms with van der Waals surface area (Å²) < 4.78 is 14.5. The predicted octanol–water partition coefficient (Wildman–Crippen LogP) is 4.10. The molecule has 4 saturated carbocycles. The van der Waals surface area contributed by atoms with Crippen LogP contribution in [0.3, 0.4) is 0 Å². The molecule has 0 aromatic rings. The molecular weight excluding hydrogens is 395 g/mol. The van der Waals surface area contributed by atoms with Crippen molar-refractivity contribution in [2.24, 2.45) is 45.6 Å². The summed E-state index contributed by atoms with van der Waals surface area (Å²) in [5.41, 5.74) is 0.399. The minimum absolute atomic E-state index is 0.0174. The fourth-order valence-corrected chi connectivity index (χ4v) is 8.34. The lowest BCUT2D eigenvalue weighted by atomic mass is 9.43. The van der Waals surface area contributed by atoms with Gasteiger partial charge in [-0.1, -0.05) is 25.9 Å². The summed E-state index contributed by atoms with van der Waals surface area (Å²) in [5, 5.41) is 7.90. The molecule has 5 aliphatic rings. The van der Waals surface area contributed by atoms with Crippen molar-refractivity contribution >= 4 is 17.3 Å². The van der Waals surface area contributed by atoms with E-state index in [1.165, 1.54) is 0 Å². The second-order valence-corrected chi connectivity index (χ2v) is 11.4. The third-order valence-corrected chi connectivity index (χ3v) is 10.0. The Morgan fingerprint density at radius 1 is 1.19 bits per heavy atom. The van der Waals surface area contributed by atoms with Gasteiger partial charge in [0.2, 0.25) is 0 Å². The first-order chi connectivity index (χ1) is 14.8. The summed E-state index contributed by atoms with van der Waals surface area (Å²) in [6.07, 6.45) is 4.98. The number of carbonyl (C=O) groups excluding carboxylic acids is 2. The van der Waals surface area contributed by atoms with Crippen LogP contribution in [0.2, 0.25) is 0 Å². The molecule has 0 spiro atoms. The van der Waals surface area contributed by atoms with E-state index in [4.69, 9.17) is 4.84 Å². The number of halogens is 1. The van der Waals surface area contributed by atoms with Gasteiger partial charge in [-0.3, -0.25) is 9.59 Å². The summed E-state index contributed by atoms with van der Waals surface area (Å²) in [4.78, 5) is 32.1. The summed E-state index contributed by atoms with van der Waals surface area (Å²) in [7, 11) is 0. The second kappa shape index (κ2) is 7.64. The zero-order chi connectivity index (χ0) is 22.0. The van der Waals surface area contributed by atoms with Crippen LogP contribution in [-0.4, -0.2) is 42.6 Å². The van der Waals surface area contributed by atoms with Gasteiger partial charge in [-0.05, 0) is 68.2 Å². The molecule has 9 atom stereocenters. The van der Waals surface area contributed by atoms with E-state index in [-0.39, 0.29) is 41.0 Å². The van der Waals surface area contributed by atoms with Gasteiger partial charge in [0, 0.05) is 36.6 Å². The number of hydrogen-bond acceptors (Lipinski definition) is 5. The average Bonchev–Trinajstić information content (AvgIpc) is 3.34. The van der Waals surface area contributed by atoms with Crippen molar-refractivity contribution in [2.45, 2.75) is 84.4 Å². The number of Topliss-reactive ketones (excluding diaryl/α,β-unsaturated/α-hetero) is 2. The number of rotatable bonds is 3. The third kappa shape index (κ3) is 3.14. The van der Waals surface area contributed by atoms with Crippen molar-refractivity contribution in [3.8, 4) is 0 Å². The molecule has 31 heavy (non-hydrogen) atoms. The third-order valence-electron chi connectivity index (χ3n) is 10.0. The first kappa shape index (κ1) is 21.5.